The molecule has 0 aliphatic rings. The van der Waals surface area contributed by atoms with Crippen LogP contribution in [0.4, 0.5) is 5.69 Å². The van der Waals surface area contributed by atoms with Crippen LogP contribution in [0.25, 0.3) is 0 Å². The van der Waals surface area contributed by atoms with Crippen LogP contribution in [0.3, 0.4) is 0 Å². The van der Waals surface area contributed by atoms with E-state index in [4.69, 9.17) is 5.21 Å². The molecule has 0 saturated heterocycles. The average molecular weight is 390 g/mol. The molecule has 1 aromatic rings. The summed E-state index contributed by atoms with van der Waals surface area (Å²) >= 11 is 0. The molecule has 0 aromatic heterocycles. The van der Waals surface area contributed by atoms with E-state index >= 15 is 0 Å². The summed E-state index contributed by atoms with van der Waals surface area (Å²) in [6.07, 6.45) is 11.3. The summed E-state index contributed by atoms with van der Waals surface area (Å²) in [6, 6.07) is 3.86. The van der Waals surface area contributed by atoms with Crippen molar-refractivity contribution < 1.29 is 14.8 Å². The van der Waals surface area contributed by atoms with Crippen molar-refractivity contribution in [3.05, 3.63) is 28.8 Å². The van der Waals surface area contributed by atoms with Crippen molar-refractivity contribution in [1.82, 2.24) is 5.32 Å². The van der Waals surface area contributed by atoms with Crippen LogP contribution in [-0.2, 0) is 16.0 Å². The molecule has 1 rings (SSSR count). The molecule has 1 atom stereocenters. The molecule has 6 nitrogen and oxygen atoms in total. The number of oxime groups is 1. The van der Waals surface area contributed by atoms with Crippen LogP contribution in [0.1, 0.15) is 81.9 Å². The first-order chi connectivity index (χ1) is 13.5. The second-order valence-electron chi connectivity index (χ2n) is 7.43. The number of hydrogen-bond acceptors (Lipinski definition) is 4. The van der Waals surface area contributed by atoms with E-state index in [0.717, 1.165) is 24.0 Å². The van der Waals surface area contributed by atoms with Crippen LogP contribution < -0.4 is 10.6 Å². The first-order valence-corrected chi connectivity index (χ1v) is 10.3. The van der Waals surface area contributed by atoms with Crippen molar-refractivity contribution in [1.29, 1.82) is 0 Å². The summed E-state index contributed by atoms with van der Waals surface area (Å²) in [5, 5.41) is 17.8. The summed E-state index contributed by atoms with van der Waals surface area (Å²) in [7, 11) is 0. The molecule has 2 amide bonds. The van der Waals surface area contributed by atoms with Gasteiger partial charge in [0.1, 0.15) is 0 Å². The van der Waals surface area contributed by atoms with Gasteiger partial charge in [-0.1, -0.05) is 56.7 Å². The van der Waals surface area contributed by atoms with Crippen LogP contribution >= 0.6 is 0 Å². The van der Waals surface area contributed by atoms with Gasteiger partial charge in [0.2, 0.25) is 12.3 Å². The van der Waals surface area contributed by atoms with E-state index in [0.29, 0.717) is 30.5 Å². The van der Waals surface area contributed by atoms with Crippen LogP contribution in [0.2, 0.25) is 0 Å². The van der Waals surface area contributed by atoms with Crippen molar-refractivity contribution in [2.24, 2.45) is 5.16 Å². The molecule has 0 bridgehead atoms. The fourth-order valence-electron chi connectivity index (χ4n) is 3.32. The molecular weight excluding hydrogens is 354 g/mol. The topological polar surface area (TPSA) is 90.8 Å². The van der Waals surface area contributed by atoms with Gasteiger partial charge in [0.05, 0.1) is 11.9 Å². The number of unbranched alkanes of at least 4 members (excludes halogenated alkanes) is 6. The highest BCUT2D eigenvalue weighted by atomic mass is 16.4. The predicted molar refractivity (Wildman–Crippen MR) is 114 cm³/mol. The maximum Gasteiger partial charge on any atom is 0.224 e. The number of carbonyl (C=O) groups is 2. The highest BCUT2D eigenvalue weighted by molar-refractivity contribution is 5.98. The molecule has 0 aliphatic carbocycles. The van der Waals surface area contributed by atoms with Crippen molar-refractivity contribution in [3.63, 3.8) is 0 Å². The van der Waals surface area contributed by atoms with Crippen molar-refractivity contribution in [2.45, 2.75) is 84.6 Å². The Balaban J connectivity index is 2.65. The Bertz CT molecular complexity index is 644. The molecular formula is C22H35N3O3. The van der Waals surface area contributed by atoms with Gasteiger partial charge < -0.3 is 15.8 Å². The van der Waals surface area contributed by atoms with Gasteiger partial charge in [-0.3, -0.25) is 9.59 Å². The fraction of sp³-hybridized carbons (Fsp3) is 0.591. The lowest BCUT2D eigenvalue weighted by Crippen LogP contribution is -2.26. The Morgan fingerprint density at radius 3 is 2.50 bits per heavy atom. The number of carbonyl (C=O) groups excluding carboxylic acids is 2. The maximum atomic E-state index is 12.3. The quantitative estimate of drug-likeness (QED) is 0.143. The summed E-state index contributed by atoms with van der Waals surface area (Å²) in [4.78, 5) is 22.9. The first-order valence-electron chi connectivity index (χ1n) is 10.3. The summed E-state index contributed by atoms with van der Waals surface area (Å²) in [5.74, 6) is -0.0204. The number of anilines is 1. The highest BCUT2D eigenvalue weighted by Crippen LogP contribution is 2.23. The van der Waals surface area contributed by atoms with Gasteiger partial charge in [-0.2, -0.15) is 0 Å². The Labute approximate surface area is 168 Å². The average Bonchev–Trinajstić information content (AvgIpc) is 2.64. The molecule has 0 fully saturated rings. The highest BCUT2D eigenvalue weighted by Gasteiger charge is 2.12. The minimum absolute atomic E-state index is 0.00594. The van der Waals surface area contributed by atoms with E-state index < -0.39 is 0 Å². The van der Waals surface area contributed by atoms with Gasteiger partial charge in [-0.25, -0.2) is 0 Å². The number of benzene rings is 1. The van der Waals surface area contributed by atoms with Crippen LogP contribution in [0.15, 0.2) is 17.3 Å². The van der Waals surface area contributed by atoms with Gasteiger partial charge in [0.25, 0.3) is 0 Å². The SMILES string of the molecule is CCCCCCCCCC(=O)Nc1c(C)cc(CC(C)NC=O)cc1/C=N/O. The monoisotopic (exact) mass is 389 g/mol. The number of rotatable bonds is 14. The minimum Gasteiger partial charge on any atom is -0.411 e. The normalized spacial score (nSPS) is 12.1. The minimum atomic E-state index is -0.0204. The summed E-state index contributed by atoms with van der Waals surface area (Å²) in [5.41, 5.74) is 3.23. The van der Waals surface area contributed by atoms with E-state index in [1.165, 1.54) is 38.3 Å². The lowest BCUT2D eigenvalue weighted by atomic mass is 9.99. The first kappa shape index (κ1) is 23.7. The third-order valence-corrected chi connectivity index (χ3v) is 4.79. The maximum absolute atomic E-state index is 12.3. The molecule has 0 spiro atoms. The zero-order chi connectivity index (χ0) is 20.8. The van der Waals surface area contributed by atoms with Crippen LogP contribution in [-0.4, -0.2) is 29.8 Å². The molecule has 1 aromatic carbocycles. The van der Waals surface area contributed by atoms with Crippen LogP contribution in [0.5, 0.6) is 0 Å². The Morgan fingerprint density at radius 2 is 1.86 bits per heavy atom. The number of hydrogen-bond donors (Lipinski definition) is 3. The van der Waals surface area contributed by atoms with Gasteiger partial charge >= 0.3 is 0 Å². The lowest BCUT2D eigenvalue weighted by molar-refractivity contribution is -0.116. The van der Waals surface area contributed by atoms with Crippen molar-refractivity contribution >= 4 is 24.2 Å². The zero-order valence-corrected chi connectivity index (χ0v) is 17.5. The lowest BCUT2D eigenvalue weighted by Gasteiger charge is -2.16. The Morgan fingerprint density at radius 1 is 1.18 bits per heavy atom. The van der Waals surface area contributed by atoms with Gasteiger partial charge in [-0.15, -0.1) is 0 Å². The summed E-state index contributed by atoms with van der Waals surface area (Å²) < 4.78 is 0. The van der Waals surface area contributed by atoms with Gasteiger partial charge in [0, 0.05) is 18.0 Å². The Kier molecular flexibility index (Phi) is 11.6. The number of amides is 2. The van der Waals surface area contributed by atoms with E-state index in [1.54, 1.807) is 0 Å². The Hall–Kier alpha value is -2.37. The van der Waals surface area contributed by atoms with Crippen molar-refractivity contribution in [2.75, 3.05) is 5.32 Å². The van der Waals surface area contributed by atoms with Crippen molar-refractivity contribution in [3.8, 4) is 0 Å². The van der Waals surface area contributed by atoms with Crippen LogP contribution in [0, 0.1) is 6.92 Å². The number of nitrogens with zero attached hydrogens (tertiary/aromatic N) is 1. The molecule has 0 saturated carbocycles. The fourth-order valence-corrected chi connectivity index (χ4v) is 3.32. The summed E-state index contributed by atoms with van der Waals surface area (Å²) in [6.45, 7) is 6.04. The van der Waals surface area contributed by atoms with E-state index in [9.17, 15) is 9.59 Å². The number of aryl methyl sites for hydroxylation is 1. The van der Waals surface area contributed by atoms with E-state index in [-0.39, 0.29) is 11.9 Å². The zero-order valence-electron chi connectivity index (χ0n) is 17.5. The molecule has 0 aliphatic heterocycles. The second kappa shape index (κ2) is 13.7. The van der Waals surface area contributed by atoms with Gasteiger partial charge in [0.15, 0.2) is 0 Å². The van der Waals surface area contributed by atoms with E-state index in [2.05, 4.69) is 22.7 Å². The molecule has 6 heteroatoms. The van der Waals surface area contributed by atoms with Gasteiger partial charge in [-0.05, 0) is 43.9 Å². The van der Waals surface area contributed by atoms with E-state index in [1.807, 2.05) is 26.0 Å². The smallest absolute Gasteiger partial charge is 0.224 e. The molecule has 0 heterocycles. The predicted octanol–water partition coefficient (Wildman–Crippen LogP) is 4.56. The second-order valence-corrected chi connectivity index (χ2v) is 7.43. The molecule has 1 unspecified atom stereocenters. The molecule has 0 radical (unpaired) electrons. The third-order valence-electron chi connectivity index (χ3n) is 4.79. The molecule has 3 N–H and O–H groups in total. The largest absolute Gasteiger partial charge is 0.411 e. The third kappa shape index (κ3) is 9.02. The molecule has 28 heavy (non-hydrogen) atoms. The molecule has 156 valence electrons. The number of nitrogens with one attached hydrogen (secondary N) is 2. The standard InChI is InChI=1S/C22H35N3O3/c1-4-5-6-7-8-9-10-11-21(27)25-22-17(2)12-19(13-18(3)23-16-26)14-20(22)15-24-28/h12,14-16,18,28H,4-11,13H2,1-3H3,(H,23,26)(H,25,27)/b24-15+.